The van der Waals surface area contributed by atoms with E-state index in [1.54, 1.807) is 6.92 Å². The number of nitrogens with zero attached hydrogens (tertiary/aromatic N) is 2. The standard InChI is InChI=1S/C11H16N4O2/c1-6-13-11(17-15-6)14-10(16)9-8-4-2-3-7(8)5-12-9/h7-9,12H,2-5H2,1H3,(H,13,14,15,16). The van der Waals surface area contributed by atoms with Crippen molar-refractivity contribution in [2.24, 2.45) is 11.8 Å². The van der Waals surface area contributed by atoms with E-state index < -0.39 is 0 Å². The molecule has 0 radical (unpaired) electrons. The molecule has 1 aliphatic carbocycles. The maximum absolute atomic E-state index is 12.1. The number of carbonyl (C=O) groups is 1. The van der Waals surface area contributed by atoms with Gasteiger partial charge in [-0.05, 0) is 38.1 Å². The molecule has 6 heteroatoms. The summed E-state index contributed by atoms with van der Waals surface area (Å²) in [4.78, 5) is 16.0. The quantitative estimate of drug-likeness (QED) is 0.790. The number of carbonyl (C=O) groups excluding carboxylic acids is 1. The third kappa shape index (κ3) is 1.93. The first-order valence-corrected chi connectivity index (χ1v) is 6.08. The second-order valence-electron chi connectivity index (χ2n) is 4.88. The van der Waals surface area contributed by atoms with Crippen LogP contribution >= 0.6 is 0 Å². The minimum atomic E-state index is -0.102. The lowest BCUT2D eigenvalue weighted by Crippen LogP contribution is -2.39. The van der Waals surface area contributed by atoms with Crippen molar-refractivity contribution in [3.63, 3.8) is 0 Å². The van der Waals surface area contributed by atoms with Crippen molar-refractivity contribution in [3.8, 4) is 0 Å². The van der Waals surface area contributed by atoms with Crippen LogP contribution in [0.1, 0.15) is 25.1 Å². The summed E-state index contributed by atoms with van der Waals surface area (Å²) >= 11 is 0. The minimum Gasteiger partial charge on any atom is -0.315 e. The molecule has 2 N–H and O–H groups in total. The molecule has 2 heterocycles. The first kappa shape index (κ1) is 10.7. The first-order chi connectivity index (χ1) is 8.24. The third-order valence-corrected chi connectivity index (χ3v) is 3.79. The van der Waals surface area contributed by atoms with Crippen LogP contribution in [0.25, 0.3) is 0 Å². The normalized spacial score (nSPS) is 31.5. The lowest BCUT2D eigenvalue weighted by Gasteiger charge is -2.15. The van der Waals surface area contributed by atoms with Gasteiger partial charge in [0.15, 0.2) is 5.82 Å². The van der Waals surface area contributed by atoms with Crippen molar-refractivity contribution in [2.45, 2.75) is 32.2 Å². The largest absolute Gasteiger partial charge is 0.328 e. The van der Waals surface area contributed by atoms with Gasteiger partial charge in [0.1, 0.15) is 0 Å². The summed E-state index contributed by atoms with van der Waals surface area (Å²) in [6, 6.07) is 0.0884. The highest BCUT2D eigenvalue weighted by atomic mass is 16.5. The molecule has 0 spiro atoms. The van der Waals surface area contributed by atoms with E-state index in [0.717, 1.165) is 13.0 Å². The summed E-state index contributed by atoms with van der Waals surface area (Å²) < 4.78 is 4.89. The summed E-state index contributed by atoms with van der Waals surface area (Å²) in [5, 5.41) is 9.60. The van der Waals surface area contributed by atoms with Gasteiger partial charge in [-0.2, -0.15) is 4.98 Å². The average Bonchev–Trinajstić information content (AvgIpc) is 2.93. The molecule has 1 amide bonds. The van der Waals surface area contributed by atoms with Crippen LogP contribution in [-0.2, 0) is 4.79 Å². The molecular formula is C11H16N4O2. The van der Waals surface area contributed by atoms with Gasteiger partial charge in [0, 0.05) is 0 Å². The Morgan fingerprint density at radius 2 is 2.41 bits per heavy atom. The fourth-order valence-electron chi connectivity index (χ4n) is 3.01. The fraction of sp³-hybridized carbons (Fsp3) is 0.727. The maximum Gasteiger partial charge on any atom is 0.328 e. The summed E-state index contributed by atoms with van der Waals surface area (Å²) in [7, 11) is 0. The van der Waals surface area contributed by atoms with Crippen LogP contribution in [0.5, 0.6) is 0 Å². The molecule has 1 saturated carbocycles. The van der Waals surface area contributed by atoms with Gasteiger partial charge in [0.05, 0.1) is 6.04 Å². The Bertz CT molecular complexity index is 431. The molecule has 3 rings (SSSR count). The highest BCUT2D eigenvalue weighted by molar-refractivity contribution is 5.93. The monoisotopic (exact) mass is 236 g/mol. The van der Waals surface area contributed by atoms with E-state index >= 15 is 0 Å². The lowest BCUT2D eigenvalue weighted by atomic mass is 9.94. The molecule has 1 aliphatic heterocycles. The number of aromatic nitrogens is 2. The highest BCUT2D eigenvalue weighted by Gasteiger charge is 2.42. The molecule has 3 unspecified atom stereocenters. The van der Waals surface area contributed by atoms with E-state index in [2.05, 4.69) is 20.8 Å². The Hall–Kier alpha value is -1.43. The van der Waals surface area contributed by atoms with E-state index in [4.69, 9.17) is 4.52 Å². The Kier molecular flexibility index (Phi) is 2.58. The maximum atomic E-state index is 12.1. The van der Waals surface area contributed by atoms with Crippen molar-refractivity contribution in [3.05, 3.63) is 5.82 Å². The summed E-state index contributed by atoms with van der Waals surface area (Å²) in [5.41, 5.74) is 0. The Balaban J connectivity index is 1.66. The predicted molar refractivity (Wildman–Crippen MR) is 60.3 cm³/mol. The highest BCUT2D eigenvalue weighted by Crippen LogP contribution is 2.37. The van der Waals surface area contributed by atoms with Gasteiger partial charge >= 0.3 is 6.01 Å². The summed E-state index contributed by atoms with van der Waals surface area (Å²) in [5.74, 6) is 1.61. The van der Waals surface area contributed by atoms with Crippen LogP contribution in [0.15, 0.2) is 4.52 Å². The number of aryl methyl sites for hydroxylation is 1. The smallest absolute Gasteiger partial charge is 0.315 e. The van der Waals surface area contributed by atoms with Crippen LogP contribution in [0.3, 0.4) is 0 Å². The lowest BCUT2D eigenvalue weighted by molar-refractivity contribution is -0.118. The molecule has 6 nitrogen and oxygen atoms in total. The number of hydrogen-bond acceptors (Lipinski definition) is 5. The molecule has 0 aromatic carbocycles. The number of amides is 1. The fourth-order valence-corrected chi connectivity index (χ4v) is 3.01. The minimum absolute atomic E-state index is 0.0527. The molecule has 2 aliphatic rings. The van der Waals surface area contributed by atoms with E-state index in [1.165, 1.54) is 12.8 Å². The molecular weight excluding hydrogens is 220 g/mol. The number of hydrogen-bond donors (Lipinski definition) is 2. The van der Waals surface area contributed by atoms with Gasteiger partial charge in [-0.15, -0.1) is 0 Å². The Labute approximate surface area is 99.2 Å². The van der Waals surface area contributed by atoms with E-state index in [-0.39, 0.29) is 18.0 Å². The first-order valence-electron chi connectivity index (χ1n) is 6.08. The number of fused-ring (bicyclic) bond motifs is 1. The average molecular weight is 236 g/mol. The van der Waals surface area contributed by atoms with E-state index in [9.17, 15) is 4.79 Å². The zero-order chi connectivity index (χ0) is 11.8. The number of anilines is 1. The van der Waals surface area contributed by atoms with Crippen molar-refractivity contribution in [1.29, 1.82) is 0 Å². The predicted octanol–water partition coefficient (Wildman–Crippen LogP) is 0.705. The van der Waals surface area contributed by atoms with Gasteiger partial charge in [0.25, 0.3) is 0 Å². The second kappa shape index (κ2) is 4.10. The summed E-state index contributed by atoms with van der Waals surface area (Å²) in [6.45, 7) is 2.67. The van der Waals surface area contributed by atoms with E-state index in [1.807, 2.05) is 0 Å². The summed E-state index contributed by atoms with van der Waals surface area (Å²) in [6.07, 6.45) is 3.61. The molecule has 92 valence electrons. The number of nitrogens with one attached hydrogen (secondary N) is 2. The molecule has 2 fully saturated rings. The molecule has 1 aromatic rings. The van der Waals surface area contributed by atoms with Crippen LogP contribution in [0.2, 0.25) is 0 Å². The van der Waals surface area contributed by atoms with Gasteiger partial charge in [-0.25, -0.2) is 0 Å². The second-order valence-corrected chi connectivity index (χ2v) is 4.88. The Morgan fingerprint density at radius 3 is 3.18 bits per heavy atom. The van der Waals surface area contributed by atoms with Crippen LogP contribution in [-0.4, -0.2) is 28.6 Å². The van der Waals surface area contributed by atoms with Gasteiger partial charge in [0.2, 0.25) is 5.91 Å². The van der Waals surface area contributed by atoms with Crippen molar-refractivity contribution < 1.29 is 9.32 Å². The molecule has 1 aromatic heterocycles. The Morgan fingerprint density at radius 1 is 1.53 bits per heavy atom. The van der Waals surface area contributed by atoms with Crippen molar-refractivity contribution in [1.82, 2.24) is 15.5 Å². The zero-order valence-corrected chi connectivity index (χ0v) is 9.77. The molecule has 17 heavy (non-hydrogen) atoms. The van der Waals surface area contributed by atoms with E-state index in [0.29, 0.717) is 17.7 Å². The molecule has 0 bridgehead atoms. The molecule has 3 atom stereocenters. The van der Waals surface area contributed by atoms with Gasteiger partial charge in [-0.3, -0.25) is 10.1 Å². The van der Waals surface area contributed by atoms with Crippen LogP contribution < -0.4 is 10.6 Å². The molecule has 1 saturated heterocycles. The van der Waals surface area contributed by atoms with Gasteiger partial charge in [-0.1, -0.05) is 11.6 Å². The van der Waals surface area contributed by atoms with Gasteiger partial charge < -0.3 is 9.84 Å². The number of rotatable bonds is 2. The third-order valence-electron chi connectivity index (χ3n) is 3.79. The zero-order valence-electron chi connectivity index (χ0n) is 9.77. The van der Waals surface area contributed by atoms with Crippen molar-refractivity contribution in [2.75, 3.05) is 11.9 Å². The van der Waals surface area contributed by atoms with Crippen molar-refractivity contribution >= 4 is 11.9 Å². The van der Waals surface area contributed by atoms with Crippen LogP contribution in [0.4, 0.5) is 6.01 Å². The van der Waals surface area contributed by atoms with Crippen LogP contribution in [0, 0.1) is 18.8 Å². The topological polar surface area (TPSA) is 80.0 Å². The SMILES string of the molecule is Cc1noc(NC(=O)C2NCC3CCCC32)n1.